The number of aliphatic imine (C=N–C) groups is 1. The van der Waals surface area contributed by atoms with E-state index < -0.39 is 0 Å². The Hall–Kier alpha value is -2.38. The van der Waals surface area contributed by atoms with Crippen LogP contribution in [0.2, 0.25) is 5.02 Å². The van der Waals surface area contributed by atoms with Gasteiger partial charge >= 0.3 is 6.03 Å². The Bertz CT molecular complexity index is 1280. The molecule has 3 saturated heterocycles. The molecule has 2 N–H and O–H groups in total. The monoisotopic (exact) mass is 714 g/mol. The predicted molar refractivity (Wildman–Crippen MR) is 192 cm³/mol. The molecule has 0 spiro atoms. The van der Waals surface area contributed by atoms with Gasteiger partial charge in [-0.05, 0) is 86.1 Å². The van der Waals surface area contributed by atoms with Gasteiger partial charge in [-0.1, -0.05) is 47.4 Å². The fourth-order valence-corrected chi connectivity index (χ4v) is 8.19. The Morgan fingerprint density at radius 1 is 1.04 bits per heavy atom. The predicted octanol–water partition coefficient (Wildman–Crippen LogP) is 6.13. The van der Waals surface area contributed by atoms with Crippen LogP contribution in [0.4, 0.5) is 4.79 Å². The van der Waals surface area contributed by atoms with Crippen LogP contribution in [-0.2, 0) is 11.2 Å². The number of fused-ring (bicyclic) bond motifs is 1. The summed E-state index contributed by atoms with van der Waals surface area (Å²) in [6.45, 7) is 12.8. The van der Waals surface area contributed by atoms with E-state index in [1.807, 2.05) is 12.3 Å². The van der Waals surface area contributed by atoms with Gasteiger partial charge in [0.15, 0.2) is 0 Å². The van der Waals surface area contributed by atoms with Crippen molar-refractivity contribution in [1.82, 2.24) is 19.6 Å². The van der Waals surface area contributed by atoms with Crippen molar-refractivity contribution in [3.05, 3.63) is 45.6 Å². The number of carbonyl (C=O) groups is 2. The van der Waals surface area contributed by atoms with E-state index in [0.717, 1.165) is 81.6 Å². The molecule has 0 saturated carbocycles. The number of amides is 3. The van der Waals surface area contributed by atoms with Crippen molar-refractivity contribution in [3.8, 4) is 12.8 Å². The summed E-state index contributed by atoms with van der Waals surface area (Å²) in [5.74, 6) is 1.01. The zero-order valence-corrected chi connectivity index (χ0v) is 30.2. The molecular formula is C36H52BrClN6O2. The van der Waals surface area contributed by atoms with Crippen LogP contribution in [0.3, 0.4) is 0 Å². The molecule has 0 bridgehead atoms. The van der Waals surface area contributed by atoms with Crippen molar-refractivity contribution in [2.75, 3.05) is 51.1 Å². The molecule has 46 heavy (non-hydrogen) atoms. The number of likely N-dealkylation sites (tertiary alicyclic amines) is 2. The number of carbonyl (C=O) groups excluding carboxylic acids is 2. The normalized spacial score (nSPS) is 24.1. The van der Waals surface area contributed by atoms with Crippen LogP contribution in [-0.4, -0.2) is 101 Å². The van der Waals surface area contributed by atoms with Gasteiger partial charge in [-0.25, -0.2) is 4.79 Å². The summed E-state index contributed by atoms with van der Waals surface area (Å²) in [6.07, 6.45) is 16.5. The summed E-state index contributed by atoms with van der Waals surface area (Å²) in [7, 11) is 0. The van der Waals surface area contributed by atoms with E-state index in [0.29, 0.717) is 37.4 Å². The maximum Gasteiger partial charge on any atom is 0.314 e. The Kier molecular flexibility index (Phi) is 13.6. The van der Waals surface area contributed by atoms with Crippen LogP contribution in [0.1, 0.15) is 76.5 Å². The summed E-state index contributed by atoms with van der Waals surface area (Å²) in [5, 5.41) is 1.55. The van der Waals surface area contributed by atoms with Crippen molar-refractivity contribution < 1.29 is 9.59 Å². The van der Waals surface area contributed by atoms with Crippen molar-refractivity contribution in [2.45, 2.75) is 83.8 Å². The number of urea groups is 1. The van der Waals surface area contributed by atoms with Crippen LogP contribution in [0.15, 0.2) is 34.5 Å². The maximum absolute atomic E-state index is 13.5. The third-order valence-corrected chi connectivity index (χ3v) is 11.0. The SMILES string of the molecule is C#C.CC1=C(N=CCBr)C(N2CCC(N3CCN(C(=O)CC4CCN(C(N)=O)CC4)C(C(C)C)C3)CC2)c2ccc(Cl)cc2CC1. The largest absolute Gasteiger partial charge is 0.351 e. The summed E-state index contributed by atoms with van der Waals surface area (Å²) < 4.78 is 0. The molecule has 4 aliphatic rings. The summed E-state index contributed by atoms with van der Waals surface area (Å²) in [5.41, 5.74) is 10.7. The molecule has 3 heterocycles. The standard InChI is InChI=1S/C34H50BrClN6O2.C2H2/c1-23(2)30-22-41(18-19-42(30)31(43)20-25-8-14-40(15-9-25)34(37)44)28-10-16-39(17-11-28)33-29-7-6-27(36)21-26(29)5-4-24(3)32(33)38-13-12-35;1-2/h6-7,13,21,23,25,28,30,33H,4-5,8-12,14-20,22H2,1-3H3,(H2,37,44);1-2H. The van der Waals surface area contributed by atoms with E-state index >= 15 is 0 Å². The topological polar surface area (TPSA) is 85.5 Å². The molecule has 2 unspecified atom stereocenters. The molecular weight excluding hydrogens is 664 g/mol. The first-order valence-corrected chi connectivity index (χ1v) is 18.4. The van der Waals surface area contributed by atoms with Crippen LogP contribution < -0.4 is 5.73 Å². The van der Waals surface area contributed by atoms with Gasteiger partial charge in [-0.15, -0.1) is 12.8 Å². The van der Waals surface area contributed by atoms with Crippen LogP contribution in [0, 0.1) is 24.7 Å². The molecule has 3 aliphatic heterocycles. The van der Waals surface area contributed by atoms with Gasteiger partial charge in [0.1, 0.15) is 0 Å². The summed E-state index contributed by atoms with van der Waals surface area (Å²) >= 11 is 9.98. The third-order valence-electron chi connectivity index (χ3n) is 10.5. The zero-order chi connectivity index (χ0) is 33.4. The van der Waals surface area contributed by atoms with E-state index in [1.54, 1.807) is 4.90 Å². The quantitative estimate of drug-likeness (QED) is 0.209. The second-order valence-corrected chi connectivity index (χ2v) is 14.6. The number of nitrogens with zero attached hydrogens (tertiary/aromatic N) is 5. The molecule has 3 amide bonds. The average molecular weight is 716 g/mol. The molecule has 1 aromatic carbocycles. The molecule has 10 heteroatoms. The number of hydrogen-bond donors (Lipinski definition) is 1. The summed E-state index contributed by atoms with van der Waals surface area (Å²) in [4.78, 5) is 39.2. The first kappa shape index (κ1) is 36.5. The van der Waals surface area contributed by atoms with Gasteiger partial charge in [0.25, 0.3) is 0 Å². The lowest BCUT2D eigenvalue weighted by atomic mass is 9.90. The number of rotatable bonds is 7. The lowest BCUT2D eigenvalue weighted by molar-refractivity contribution is -0.139. The fraction of sp³-hybridized carbons (Fsp3) is 0.639. The number of terminal acetylenes is 1. The molecule has 1 aromatic rings. The number of alkyl halides is 1. The number of piperazine rings is 1. The Labute approximate surface area is 289 Å². The smallest absolute Gasteiger partial charge is 0.314 e. The molecule has 5 rings (SSSR count). The van der Waals surface area contributed by atoms with Gasteiger partial charge < -0.3 is 15.5 Å². The van der Waals surface area contributed by atoms with E-state index in [9.17, 15) is 9.59 Å². The van der Waals surface area contributed by atoms with Gasteiger partial charge in [-0.3, -0.25) is 19.6 Å². The number of aryl methyl sites for hydroxylation is 1. The van der Waals surface area contributed by atoms with Crippen LogP contribution in [0.5, 0.6) is 0 Å². The van der Waals surface area contributed by atoms with Crippen molar-refractivity contribution in [3.63, 3.8) is 0 Å². The molecule has 3 fully saturated rings. The second-order valence-electron chi connectivity index (χ2n) is 13.5. The number of piperidine rings is 2. The third kappa shape index (κ3) is 8.74. The minimum atomic E-state index is -0.351. The molecule has 2 atom stereocenters. The highest BCUT2D eigenvalue weighted by Crippen LogP contribution is 2.40. The number of benzene rings is 1. The molecule has 8 nitrogen and oxygen atoms in total. The Morgan fingerprint density at radius 2 is 1.74 bits per heavy atom. The van der Waals surface area contributed by atoms with Crippen LogP contribution >= 0.6 is 27.5 Å². The van der Waals surface area contributed by atoms with Gasteiger partial charge in [0.2, 0.25) is 5.91 Å². The van der Waals surface area contributed by atoms with Gasteiger partial charge in [-0.2, -0.15) is 0 Å². The van der Waals surface area contributed by atoms with Crippen molar-refractivity contribution >= 4 is 45.7 Å². The highest BCUT2D eigenvalue weighted by Gasteiger charge is 2.39. The fourth-order valence-electron chi connectivity index (χ4n) is 7.85. The number of hydrogen-bond acceptors (Lipinski definition) is 5. The number of allylic oxidation sites excluding steroid dienone is 1. The van der Waals surface area contributed by atoms with E-state index in [-0.39, 0.29) is 24.0 Å². The first-order valence-electron chi connectivity index (χ1n) is 16.9. The minimum absolute atomic E-state index is 0.147. The Balaban J connectivity index is 0.00000235. The molecule has 1 aliphatic carbocycles. The van der Waals surface area contributed by atoms with E-state index in [2.05, 4.69) is 76.4 Å². The summed E-state index contributed by atoms with van der Waals surface area (Å²) in [6, 6.07) is 6.96. The second kappa shape index (κ2) is 17.1. The van der Waals surface area contributed by atoms with Crippen molar-refractivity contribution in [2.24, 2.45) is 22.6 Å². The van der Waals surface area contributed by atoms with Crippen LogP contribution in [0.25, 0.3) is 0 Å². The van der Waals surface area contributed by atoms with E-state index in [1.165, 1.54) is 22.4 Å². The number of halogens is 2. The average Bonchev–Trinajstić information content (AvgIpc) is 3.20. The highest BCUT2D eigenvalue weighted by molar-refractivity contribution is 9.09. The Morgan fingerprint density at radius 3 is 2.37 bits per heavy atom. The first-order chi connectivity index (χ1) is 22.2. The lowest BCUT2D eigenvalue weighted by Gasteiger charge is -2.49. The number of primary amides is 1. The maximum atomic E-state index is 13.5. The van der Waals surface area contributed by atoms with Gasteiger partial charge in [0, 0.05) is 80.9 Å². The molecule has 0 radical (unpaired) electrons. The van der Waals surface area contributed by atoms with Crippen molar-refractivity contribution in [1.29, 1.82) is 0 Å². The highest BCUT2D eigenvalue weighted by atomic mass is 79.9. The number of nitrogens with two attached hydrogens (primary N) is 1. The molecule has 0 aromatic heterocycles. The minimum Gasteiger partial charge on any atom is -0.351 e. The molecule has 252 valence electrons. The van der Waals surface area contributed by atoms with Gasteiger partial charge in [0.05, 0.1) is 11.7 Å². The zero-order valence-electron chi connectivity index (χ0n) is 27.8. The van der Waals surface area contributed by atoms with E-state index in [4.69, 9.17) is 22.3 Å². The lowest BCUT2D eigenvalue weighted by Crippen LogP contribution is -2.60.